The molecule has 0 radical (unpaired) electrons. The predicted molar refractivity (Wildman–Crippen MR) is 131 cm³/mol. The predicted octanol–water partition coefficient (Wildman–Crippen LogP) is 2.98. The standard InChI is InChI=1S/C26H34N6O2/c1-17-5-3-7-19-13-22(29-24(17)19)26(34)30-21(25-18(2)6-4-10-28-25)8-9-23(33)31-11-12-32-16-27-14-20(32)15-31/h3,5,7,13-14,16,18,21,25,28-29H,4,6,8-12,15H2,1-2H3,(H,30,34). The van der Waals surface area contributed by atoms with Crippen molar-refractivity contribution in [1.29, 1.82) is 0 Å². The number of aromatic nitrogens is 3. The van der Waals surface area contributed by atoms with Crippen LogP contribution in [-0.2, 0) is 17.9 Å². The van der Waals surface area contributed by atoms with Gasteiger partial charge in [-0.05, 0) is 50.3 Å². The molecular weight excluding hydrogens is 428 g/mol. The average Bonchev–Trinajstić information content (AvgIpc) is 3.49. The molecule has 3 atom stereocenters. The number of rotatable bonds is 6. The van der Waals surface area contributed by atoms with Crippen molar-refractivity contribution in [2.75, 3.05) is 13.1 Å². The van der Waals surface area contributed by atoms with E-state index in [4.69, 9.17) is 0 Å². The van der Waals surface area contributed by atoms with Crippen LogP contribution in [-0.4, -0.2) is 56.4 Å². The second-order valence-electron chi connectivity index (χ2n) is 9.83. The Morgan fingerprint density at radius 3 is 3.00 bits per heavy atom. The van der Waals surface area contributed by atoms with E-state index < -0.39 is 0 Å². The van der Waals surface area contributed by atoms with E-state index in [1.54, 1.807) is 0 Å². The van der Waals surface area contributed by atoms with Gasteiger partial charge in [-0.1, -0.05) is 25.1 Å². The molecule has 3 unspecified atom stereocenters. The van der Waals surface area contributed by atoms with E-state index in [-0.39, 0.29) is 23.9 Å². The Balaban J connectivity index is 1.28. The number of amides is 2. The molecule has 2 aromatic heterocycles. The molecule has 8 heteroatoms. The summed E-state index contributed by atoms with van der Waals surface area (Å²) in [5.41, 5.74) is 3.74. The van der Waals surface area contributed by atoms with Crippen LogP contribution < -0.4 is 10.6 Å². The summed E-state index contributed by atoms with van der Waals surface area (Å²) in [4.78, 5) is 35.7. The molecule has 2 aliphatic heterocycles. The second-order valence-corrected chi connectivity index (χ2v) is 9.83. The number of nitrogens with one attached hydrogen (secondary N) is 3. The Morgan fingerprint density at radius 2 is 2.18 bits per heavy atom. The van der Waals surface area contributed by atoms with Crippen molar-refractivity contribution in [2.45, 2.75) is 64.7 Å². The van der Waals surface area contributed by atoms with E-state index in [2.05, 4.69) is 32.1 Å². The summed E-state index contributed by atoms with van der Waals surface area (Å²) in [5.74, 6) is 0.453. The Kier molecular flexibility index (Phi) is 6.41. The highest BCUT2D eigenvalue weighted by molar-refractivity contribution is 5.98. The topological polar surface area (TPSA) is 95.1 Å². The fraction of sp³-hybridized carbons (Fsp3) is 0.500. The van der Waals surface area contributed by atoms with E-state index in [0.29, 0.717) is 37.5 Å². The van der Waals surface area contributed by atoms with Gasteiger partial charge < -0.3 is 25.1 Å². The van der Waals surface area contributed by atoms with Crippen molar-refractivity contribution in [2.24, 2.45) is 5.92 Å². The lowest BCUT2D eigenvalue weighted by atomic mass is 9.85. The van der Waals surface area contributed by atoms with Crippen molar-refractivity contribution in [3.05, 3.63) is 53.7 Å². The van der Waals surface area contributed by atoms with Crippen LogP contribution in [0.4, 0.5) is 0 Å². The number of para-hydroxylation sites is 1. The number of benzene rings is 1. The number of carbonyl (C=O) groups is 2. The number of imidazole rings is 1. The van der Waals surface area contributed by atoms with Gasteiger partial charge >= 0.3 is 0 Å². The molecule has 1 fully saturated rings. The van der Waals surface area contributed by atoms with Crippen molar-refractivity contribution >= 4 is 22.7 Å². The van der Waals surface area contributed by atoms with E-state index in [0.717, 1.165) is 48.1 Å². The highest BCUT2D eigenvalue weighted by Gasteiger charge is 2.31. The van der Waals surface area contributed by atoms with Gasteiger partial charge in [0.05, 0.1) is 18.6 Å². The van der Waals surface area contributed by atoms with Crippen LogP contribution in [0.5, 0.6) is 0 Å². The van der Waals surface area contributed by atoms with E-state index in [1.165, 1.54) is 0 Å². The number of H-pyrrole nitrogens is 1. The number of aromatic amines is 1. The number of hydrogen-bond acceptors (Lipinski definition) is 4. The SMILES string of the molecule is Cc1cccc2cc(C(=O)NC(CCC(=O)N3CCn4cncc4C3)C3NCCCC3C)[nH]c12. The first-order chi connectivity index (χ1) is 16.5. The molecule has 5 rings (SSSR count). The minimum atomic E-state index is -0.116. The van der Waals surface area contributed by atoms with Gasteiger partial charge in [0.1, 0.15) is 5.69 Å². The largest absolute Gasteiger partial charge is 0.350 e. The van der Waals surface area contributed by atoms with Crippen molar-refractivity contribution in [1.82, 2.24) is 30.1 Å². The fourth-order valence-corrected chi connectivity index (χ4v) is 5.46. The number of aryl methyl sites for hydroxylation is 1. The molecule has 2 amide bonds. The molecule has 8 nitrogen and oxygen atoms in total. The summed E-state index contributed by atoms with van der Waals surface area (Å²) < 4.78 is 2.10. The molecule has 0 saturated carbocycles. The maximum Gasteiger partial charge on any atom is 0.268 e. The van der Waals surface area contributed by atoms with Gasteiger partial charge in [-0.15, -0.1) is 0 Å². The number of carbonyl (C=O) groups excluding carboxylic acids is 2. The Bertz CT molecular complexity index is 1180. The molecule has 180 valence electrons. The normalized spacial score (nSPS) is 21.3. The molecule has 1 aromatic carbocycles. The Morgan fingerprint density at radius 1 is 1.29 bits per heavy atom. The molecule has 1 saturated heterocycles. The minimum Gasteiger partial charge on any atom is -0.350 e. The van der Waals surface area contributed by atoms with Gasteiger partial charge in [0.2, 0.25) is 5.91 Å². The van der Waals surface area contributed by atoms with Crippen LogP contribution in [0.3, 0.4) is 0 Å². The summed E-state index contributed by atoms with van der Waals surface area (Å²) in [6, 6.07) is 8.00. The summed E-state index contributed by atoms with van der Waals surface area (Å²) in [7, 11) is 0. The van der Waals surface area contributed by atoms with E-state index in [9.17, 15) is 9.59 Å². The number of nitrogens with zero attached hydrogens (tertiary/aromatic N) is 3. The zero-order valence-electron chi connectivity index (χ0n) is 20.0. The minimum absolute atomic E-state index is 0.116. The summed E-state index contributed by atoms with van der Waals surface area (Å²) >= 11 is 0. The first-order valence-electron chi connectivity index (χ1n) is 12.4. The zero-order chi connectivity index (χ0) is 23.7. The average molecular weight is 463 g/mol. The third-order valence-corrected chi connectivity index (χ3v) is 7.47. The van der Waals surface area contributed by atoms with Crippen LogP contribution in [0.2, 0.25) is 0 Å². The van der Waals surface area contributed by atoms with Gasteiger partial charge in [0.15, 0.2) is 0 Å². The summed E-state index contributed by atoms with van der Waals surface area (Å²) in [6.45, 7) is 7.29. The first-order valence-corrected chi connectivity index (χ1v) is 12.4. The van der Waals surface area contributed by atoms with Gasteiger partial charge in [-0.2, -0.15) is 0 Å². The van der Waals surface area contributed by atoms with Crippen LogP contribution in [0.25, 0.3) is 10.9 Å². The lowest BCUT2D eigenvalue weighted by Crippen LogP contribution is -2.55. The second kappa shape index (κ2) is 9.62. The Labute approximate surface area is 200 Å². The highest BCUT2D eigenvalue weighted by atomic mass is 16.2. The number of hydrogen-bond donors (Lipinski definition) is 3. The van der Waals surface area contributed by atoms with Gasteiger partial charge in [0.25, 0.3) is 5.91 Å². The lowest BCUT2D eigenvalue weighted by Gasteiger charge is -2.37. The van der Waals surface area contributed by atoms with Crippen LogP contribution in [0.1, 0.15) is 54.4 Å². The molecule has 0 bridgehead atoms. The maximum atomic E-state index is 13.3. The number of fused-ring (bicyclic) bond motifs is 2. The molecule has 4 heterocycles. The monoisotopic (exact) mass is 462 g/mol. The molecule has 34 heavy (non-hydrogen) atoms. The quantitative estimate of drug-likeness (QED) is 0.525. The Hall–Kier alpha value is -3.13. The van der Waals surface area contributed by atoms with Gasteiger partial charge in [-0.25, -0.2) is 4.98 Å². The van der Waals surface area contributed by atoms with Crippen LogP contribution in [0.15, 0.2) is 36.8 Å². The highest BCUT2D eigenvalue weighted by Crippen LogP contribution is 2.23. The third-order valence-electron chi connectivity index (χ3n) is 7.47. The smallest absolute Gasteiger partial charge is 0.268 e. The van der Waals surface area contributed by atoms with Crippen LogP contribution in [0, 0.1) is 12.8 Å². The summed E-state index contributed by atoms with van der Waals surface area (Å²) in [6.07, 6.45) is 6.94. The molecular formula is C26H34N6O2. The molecule has 0 aliphatic carbocycles. The van der Waals surface area contributed by atoms with Gasteiger partial charge in [-0.3, -0.25) is 9.59 Å². The van der Waals surface area contributed by atoms with Crippen molar-refractivity contribution in [3.63, 3.8) is 0 Å². The molecule has 3 aromatic rings. The van der Waals surface area contributed by atoms with Crippen LogP contribution >= 0.6 is 0 Å². The third kappa shape index (κ3) is 4.59. The molecule has 0 spiro atoms. The van der Waals surface area contributed by atoms with Gasteiger partial charge in [0, 0.05) is 48.7 Å². The zero-order valence-corrected chi connectivity index (χ0v) is 20.0. The number of piperidine rings is 1. The first kappa shape index (κ1) is 22.7. The van der Waals surface area contributed by atoms with Crippen molar-refractivity contribution in [3.8, 4) is 0 Å². The molecule has 2 aliphatic rings. The van der Waals surface area contributed by atoms with E-state index >= 15 is 0 Å². The van der Waals surface area contributed by atoms with Crippen molar-refractivity contribution < 1.29 is 9.59 Å². The summed E-state index contributed by atoms with van der Waals surface area (Å²) in [5, 5.41) is 7.91. The van der Waals surface area contributed by atoms with E-state index in [1.807, 2.05) is 48.6 Å². The maximum absolute atomic E-state index is 13.3. The lowest BCUT2D eigenvalue weighted by molar-refractivity contribution is -0.132. The molecule has 3 N–H and O–H groups in total. The fourth-order valence-electron chi connectivity index (χ4n) is 5.46.